The fourth-order valence-electron chi connectivity index (χ4n) is 4.73. The van der Waals surface area contributed by atoms with Crippen molar-refractivity contribution in [2.75, 3.05) is 19.6 Å². The number of aliphatic hydroxyl groups excluding tert-OH is 1. The van der Waals surface area contributed by atoms with E-state index in [1.165, 1.54) is 39.2 Å². The number of rotatable bonds is 11. The lowest BCUT2D eigenvalue weighted by atomic mass is 10.1. The van der Waals surface area contributed by atoms with E-state index in [1.807, 2.05) is 0 Å². The second-order valence-corrected chi connectivity index (χ2v) is 10.4. The van der Waals surface area contributed by atoms with E-state index in [4.69, 9.17) is 0 Å². The Kier molecular flexibility index (Phi) is 7.71. The third-order valence-corrected chi connectivity index (χ3v) is 7.74. The molecule has 5 aromatic rings. The van der Waals surface area contributed by atoms with Crippen LogP contribution in [0.3, 0.4) is 0 Å². The van der Waals surface area contributed by atoms with Crippen LogP contribution >= 0.6 is 11.3 Å². The molecular weight excluding hydrogens is 484 g/mol. The molecule has 0 aliphatic rings. The number of aromatic nitrogens is 2. The highest BCUT2D eigenvalue weighted by Crippen LogP contribution is 2.31. The van der Waals surface area contributed by atoms with E-state index in [-0.39, 0.29) is 10.6 Å². The van der Waals surface area contributed by atoms with E-state index in [1.54, 1.807) is 6.07 Å². The van der Waals surface area contributed by atoms with Gasteiger partial charge in [0.1, 0.15) is 11.3 Å². The largest absolute Gasteiger partial charge is 0.506 e. The minimum absolute atomic E-state index is 0.0141. The molecule has 2 heterocycles. The van der Waals surface area contributed by atoms with Crippen molar-refractivity contribution in [2.45, 2.75) is 32.4 Å². The van der Waals surface area contributed by atoms with Crippen molar-refractivity contribution < 1.29 is 10.2 Å². The molecule has 0 spiro atoms. The third kappa shape index (κ3) is 5.78. The number of aromatic hydroxyl groups is 1. The summed E-state index contributed by atoms with van der Waals surface area (Å²) in [4.78, 5) is 17.5. The molecule has 0 radical (unpaired) electrons. The second-order valence-electron chi connectivity index (χ2n) is 9.42. The Morgan fingerprint density at radius 3 is 2.57 bits per heavy atom. The first-order chi connectivity index (χ1) is 18.0. The summed E-state index contributed by atoms with van der Waals surface area (Å²) in [5.41, 5.74) is 7.36. The summed E-state index contributed by atoms with van der Waals surface area (Å²) in [5, 5.41) is 28.7. The molecule has 5 rings (SSSR count). The normalized spacial score (nSPS) is 12.5. The molecule has 1 unspecified atom stereocenters. The van der Waals surface area contributed by atoms with Gasteiger partial charge in [-0.2, -0.15) is 0 Å². The molecule has 0 saturated heterocycles. The number of hydrogen-bond acceptors (Lipinski definition) is 6. The van der Waals surface area contributed by atoms with Crippen molar-refractivity contribution in [3.8, 4) is 5.75 Å². The summed E-state index contributed by atoms with van der Waals surface area (Å²) in [6, 6.07) is 18.2. The average Bonchev–Trinajstić information content (AvgIpc) is 3.50. The Morgan fingerprint density at radius 2 is 1.73 bits per heavy atom. The predicted octanol–water partition coefficient (Wildman–Crippen LogP) is 4.28. The number of phenolic OH excluding ortho intramolecular Hbond substituents is 1. The number of nitrogens with one attached hydrogen (secondary N) is 4. The van der Waals surface area contributed by atoms with Gasteiger partial charge in [0.05, 0.1) is 10.8 Å². The molecule has 37 heavy (non-hydrogen) atoms. The van der Waals surface area contributed by atoms with Gasteiger partial charge < -0.3 is 30.8 Å². The molecule has 1 atom stereocenters. The van der Waals surface area contributed by atoms with Crippen molar-refractivity contribution in [1.82, 2.24) is 20.6 Å². The number of aliphatic hydroxyl groups is 1. The lowest BCUT2D eigenvalue weighted by molar-refractivity contribution is 0.176. The Morgan fingerprint density at radius 1 is 0.946 bits per heavy atom. The molecule has 6 N–H and O–H groups in total. The fourth-order valence-corrected chi connectivity index (χ4v) is 5.65. The van der Waals surface area contributed by atoms with Crippen LogP contribution in [0.4, 0.5) is 0 Å². The van der Waals surface area contributed by atoms with Crippen LogP contribution in [0.25, 0.3) is 21.1 Å². The van der Waals surface area contributed by atoms with Crippen molar-refractivity contribution >= 4 is 32.5 Å². The minimum Gasteiger partial charge on any atom is -0.506 e. The third-order valence-electron chi connectivity index (χ3n) is 6.81. The number of aryl methyl sites for hydroxylation is 1. The van der Waals surface area contributed by atoms with Crippen molar-refractivity contribution in [2.24, 2.45) is 0 Å². The average molecular weight is 517 g/mol. The zero-order valence-corrected chi connectivity index (χ0v) is 21.6. The highest BCUT2D eigenvalue weighted by molar-refractivity contribution is 7.16. The van der Waals surface area contributed by atoms with Crippen LogP contribution in [-0.4, -0.2) is 39.8 Å². The Labute approximate surface area is 219 Å². The maximum absolute atomic E-state index is 11.7. The number of fused-ring (bicyclic) bond motifs is 2. The molecule has 0 fully saturated rings. The van der Waals surface area contributed by atoms with Gasteiger partial charge in [0.25, 0.3) is 0 Å². The van der Waals surface area contributed by atoms with Gasteiger partial charge in [0.2, 0.25) is 0 Å². The maximum Gasteiger partial charge on any atom is 0.305 e. The van der Waals surface area contributed by atoms with Crippen LogP contribution in [0.1, 0.15) is 33.9 Å². The number of aromatic amines is 2. The number of hydrogen-bond donors (Lipinski definition) is 6. The number of phenols is 1. The first-order valence-electron chi connectivity index (χ1n) is 12.6. The number of para-hydroxylation sites is 1. The van der Waals surface area contributed by atoms with Crippen LogP contribution in [-0.2, 0) is 19.4 Å². The number of benzene rings is 3. The molecule has 0 saturated carbocycles. The van der Waals surface area contributed by atoms with Gasteiger partial charge in [-0.1, -0.05) is 59.9 Å². The van der Waals surface area contributed by atoms with E-state index in [0.717, 1.165) is 43.8 Å². The SMILES string of the molecule is Cc1cccc2c(CCNCc3ccc(CCNCC(O)c4ccc(O)c5[nH]c(=O)sc45)cc3)c[nH]c12. The number of H-pyrrole nitrogens is 2. The molecule has 0 aliphatic heterocycles. The molecule has 192 valence electrons. The van der Waals surface area contributed by atoms with Gasteiger partial charge in [-0.05, 0) is 61.2 Å². The second kappa shape index (κ2) is 11.3. The summed E-state index contributed by atoms with van der Waals surface area (Å²) in [6.45, 7) is 4.97. The topological polar surface area (TPSA) is 113 Å². The lowest BCUT2D eigenvalue weighted by Gasteiger charge is -2.13. The van der Waals surface area contributed by atoms with Gasteiger partial charge in [-0.25, -0.2) is 0 Å². The van der Waals surface area contributed by atoms with Crippen LogP contribution in [0.15, 0.2) is 65.6 Å². The van der Waals surface area contributed by atoms with Gasteiger partial charge in [-0.15, -0.1) is 0 Å². The van der Waals surface area contributed by atoms with E-state index in [0.29, 0.717) is 22.3 Å². The van der Waals surface area contributed by atoms with E-state index >= 15 is 0 Å². The van der Waals surface area contributed by atoms with E-state index in [9.17, 15) is 15.0 Å². The quantitative estimate of drug-likeness (QED) is 0.147. The van der Waals surface area contributed by atoms with Crippen LogP contribution in [0.5, 0.6) is 5.75 Å². The summed E-state index contributed by atoms with van der Waals surface area (Å²) in [7, 11) is 0. The summed E-state index contributed by atoms with van der Waals surface area (Å²) in [5.74, 6) is 0.0141. The monoisotopic (exact) mass is 516 g/mol. The standard InChI is InChI=1S/C29H32N4O3S/c1-18-3-2-4-22-21(16-32-26(18)22)12-14-30-15-20-7-5-19(6-8-20)11-13-31-17-25(35)23-9-10-24(34)27-28(23)37-29(36)33-27/h2-10,16,25,30-32,34-35H,11-15,17H2,1H3,(H,33,36). The van der Waals surface area contributed by atoms with Gasteiger partial charge in [0, 0.05) is 35.8 Å². The van der Waals surface area contributed by atoms with E-state index in [2.05, 4.69) is 76.2 Å². The summed E-state index contributed by atoms with van der Waals surface area (Å²) >= 11 is 1.00. The fraction of sp³-hybridized carbons (Fsp3) is 0.276. The minimum atomic E-state index is -0.767. The Hall–Kier alpha value is -3.43. The Bertz CT molecular complexity index is 1550. The van der Waals surface area contributed by atoms with Gasteiger partial charge in [-0.3, -0.25) is 4.79 Å². The first kappa shape index (κ1) is 25.2. The molecule has 0 amide bonds. The van der Waals surface area contributed by atoms with Gasteiger partial charge >= 0.3 is 4.87 Å². The molecule has 8 heteroatoms. The van der Waals surface area contributed by atoms with Gasteiger partial charge in [0.15, 0.2) is 0 Å². The highest BCUT2D eigenvalue weighted by atomic mass is 32.1. The van der Waals surface area contributed by atoms with Crippen molar-refractivity contribution in [3.05, 3.63) is 98.3 Å². The lowest BCUT2D eigenvalue weighted by Crippen LogP contribution is -2.23. The molecule has 0 aliphatic carbocycles. The molecular formula is C29H32N4O3S. The smallest absolute Gasteiger partial charge is 0.305 e. The summed E-state index contributed by atoms with van der Waals surface area (Å²) in [6.07, 6.45) is 3.19. The summed E-state index contributed by atoms with van der Waals surface area (Å²) < 4.78 is 0.597. The predicted molar refractivity (Wildman–Crippen MR) is 151 cm³/mol. The van der Waals surface area contributed by atoms with Crippen LogP contribution in [0.2, 0.25) is 0 Å². The van der Waals surface area contributed by atoms with E-state index < -0.39 is 6.10 Å². The number of thiazole rings is 1. The zero-order chi connectivity index (χ0) is 25.8. The first-order valence-corrected chi connectivity index (χ1v) is 13.4. The molecule has 3 aromatic carbocycles. The molecule has 0 bridgehead atoms. The maximum atomic E-state index is 11.7. The highest BCUT2D eigenvalue weighted by Gasteiger charge is 2.16. The molecule has 2 aromatic heterocycles. The van der Waals surface area contributed by atoms with Crippen LogP contribution < -0.4 is 15.5 Å². The van der Waals surface area contributed by atoms with Crippen LogP contribution in [0, 0.1) is 6.92 Å². The van der Waals surface area contributed by atoms with Crippen molar-refractivity contribution in [3.63, 3.8) is 0 Å². The zero-order valence-electron chi connectivity index (χ0n) is 20.8. The van der Waals surface area contributed by atoms with Crippen molar-refractivity contribution in [1.29, 1.82) is 0 Å². The molecule has 7 nitrogen and oxygen atoms in total. The Balaban J connectivity index is 1.04.